The number of benzene rings is 2. The van der Waals surface area contributed by atoms with E-state index in [1.54, 1.807) is 42.5 Å². The molecule has 0 amide bonds. The van der Waals surface area contributed by atoms with E-state index in [1.807, 2.05) is 0 Å². The summed E-state index contributed by atoms with van der Waals surface area (Å²) in [5.74, 6) is 2.88. The molecule has 0 aliphatic rings. The maximum absolute atomic E-state index is 12.5. The second-order valence-electron chi connectivity index (χ2n) is 4.75. The van der Waals surface area contributed by atoms with Crippen LogP contribution in [0.15, 0.2) is 47.3 Å². The van der Waals surface area contributed by atoms with E-state index < -0.39 is 5.69 Å². The van der Waals surface area contributed by atoms with Gasteiger partial charge in [0.2, 0.25) is 0 Å². The molecule has 0 unspecified atom stereocenters. The summed E-state index contributed by atoms with van der Waals surface area (Å²) in [4.78, 5) is 16.6. The third-order valence-corrected chi connectivity index (χ3v) is 3.86. The Morgan fingerprint density at radius 3 is 2.74 bits per heavy atom. The molecule has 0 radical (unpaired) electrons. The number of aromatic nitrogens is 2. The average Bonchev–Trinajstić information content (AvgIpc) is 2.53. The zero-order valence-electron chi connectivity index (χ0n) is 11.9. The number of halogens is 2. The molecule has 0 atom stereocenters. The van der Waals surface area contributed by atoms with Crippen LogP contribution in [0.2, 0.25) is 10.0 Å². The number of hydrogen-bond donors (Lipinski definition) is 1. The molecule has 3 rings (SSSR count). The van der Waals surface area contributed by atoms with Crippen LogP contribution in [-0.4, -0.2) is 16.1 Å². The van der Waals surface area contributed by atoms with Crippen molar-refractivity contribution in [3.05, 3.63) is 63.0 Å². The van der Waals surface area contributed by atoms with Crippen LogP contribution in [0.25, 0.3) is 16.6 Å². The highest BCUT2D eigenvalue weighted by atomic mass is 35.5. The lowest BCUT2D eigenvalue weighted by atomic mass is 10.2. The van der Waals surface area contributed by atoms with Gasteiger partial charge in [0.15, 0.2) is 0 Å². The Kier molecular flexibility index (Phi) is 4.24. The molecule has 1 N–H and O–H groups in total. The second kappa shape index (κ2) is 6.33. The summed E-state index contributed by atoms with van der Waals surface area (Å²) in [5.41, 5.74) is 0.681. The third-order valence-electron chi connectivity index (χ3n) is 3.31. The van der Waals surface area contributed by atoms with Gasteiger partial charge in [0.05, 0.1) is 22.8 Å². The number of nitrogens with zero attached hydrogens (tertiary/aromatic N) is 2. The lowest BCUT2D eigenvalue weighted by Gasteiger charge is -2.14. The first-order valence-electron chi connectivity index (χ1n) is 6.76. The van der Waals surface area contributed by atoms with Crippen molar-refractivity contribution in [2.45, 2.75) is 0 Å². The van der Waals surface area contributed by atoms with Crippen LogP contribution in [0.4, 0.5) is 5.82 Å². The van der Waals surface area contributed by atoms with Crippen LogP contribution in [-0.2, 0) is 0 Å². The Hall–Kier alpha value is -2.48. The normalized spacial score (nSPS) is 10.5. The van der Waals surface area contributed by atoms with Crippen molar-refractivity contribution in [2.24, 2.45) is 0 Å². The summed E-state index contributed by atoms with van der Waals surface area (Å²) >= 11 is 12.3. The van der Waals surface area contributed by atoms with E-state index in [0.29, 0.717) is 27.1 Å². The summed E-state index contributed by atoms with van der Waals surface area (Å²) in [6.07, 6.45) is 5.26. The van der Waals surface area contributed by atoms with E-state index in [-0.39, 0.29) is 6.54 Å². The first kappa shape index (κ1) is 15.4. The average molecular weight is 344 g/mol. The van der Waals surface area contributed by atoms with Crippen molar-refractivity contribution < 1.29 is 0 Å². The maximum Gasteiger partial charge on any atom is 0.354 e. The van der Waals surface area contributed by atoms with E-state index in [1.165, 1.54) is 4.57 Å². The molecule has 0 spiro atoms. The van der Waals surface area contributed by atoms with Crippen LogP contribution in [0.1, 0.15) is 0 Å². The van der Waals surface area contributed by atoms with Crippen LogP contribution in [0.3, 0.4) is 0 Å². The van der Waals surface area contributed by atoms with Gasteiger partial charge < -0.3 is 5.32 Å². The SMILES string of the molecule is C#CCNc1nc(=O)n(-c2ccccc2Cl)c2cc(Cl)ccc12. The van der Waals surface area contributed by atoms with E-state index in [2.05, 4.69) is 16.2 Å². The van der Waals surface area contributed by atoms with Gasteiger partial charge in [-0.05, 0) is 30.3 Å². The third kappa shape index (κ3) is 2.89. The van der Waals surface area contributed by atoms with Gasteiger partial charge in [0, 0.05) is 10.4 Å². The van der Waals surface area contributed by atoms with Gasteiger partial charge in [-0.3, -0.25) is 4.57 Å². The zero-order valence-corrected chi connectivity index (χ0v) is 13.4. The molecule has 1 heterocycles. The minimum absolute atomic E-state index is 0.264. The van der Waals surface area contributed by atoms with E-state index in [0.717, 1.165) is 5.39 Å². The minimum Gasteiger partial charge on any atom is -0.358 e. The van der Waals surface area contributed by atoms with Gasteiger partial charge in [0.1, 0.15) is 5.82 Å². The van der Waals surface area contributed by atoms with Gasteiger partial charge in [-0.15, -0.1) is 6.42 Å². The largest absolute Gasteiger partial charge is 0.358 e. The molecule has 114 valence electrons. The minimum atomic E-state index is -0.465. The summed E-state index contributed by atoms with van der Waals surface area (Å²) in [5, 5.41) is 4.63. The Labute approximate surface area is 142 Å². The summed E-state index contributed by atoms with van der Waals surface area (Å²) < 4.78 is 1.44. The van der Waals surface area contributed by atoms with E-state index in [4.69, 9.17) is 29.6 Å². The van der Waals surface area contributed by atoms with Crippen LogP contribution < -0.4 is 11.0 Å². The van der Waals surface area contributed by atoms with Gasteiger partial charge >= 0.3 is 5.69 Å². The fourth-order valence-electron chi connectivity index (χ4n) is 2.33. The van der Waals surface area contributed by atoms with Crippen molar-refractivity contribution >= 4 is 39.9 Å². The highest BCUT2D eigenvalue weighted by Gasteiger charge is 2.14. The van der Waals surface area contributed by atoms with Gasteiger partial charge in [-0.2, -0.15) is 4.98 Å². The molecule has 0 aliphatic carbocycles. The molecule has 1 aromatic heterocycles. The standard InChI is InChI=1S/C17H11Cl2N3O/c1-2-9-20-16-12-8-7-11(18)10-15(12)22(17(23)21-16)14-6-4-3-5-13(14)19/h1,3-8,10H,9H2,(H,20,21,23). The Morgan fingerprint density at radius 1 is 1.22 bits per heavy atom. The van der Waals surface area contributed by atoms with Gasteiger partial charge in [-0.1, -0.05) is 41.3 Å². The quantitative estimate of drug-likeness (QED) is 0.737. The predicted octanol–water partition coefficient (Wildman–Crippen LogP) is 3.74. The zero-order chi connectivity index (χ0) is 16.4. The fourth-order valence-corrected chi connectivity index (χ4v) is 2.72. The van der Waals surface area contributed by atoms with Crippen LogP contribution >= 0.6 is 23.2 Å². The van der Waals surface area contributed by atoms with E-state index >= 15 is 0 Å². The molecule has 0 fully saturated rings. The lowest BCUT2D eigenvalue weighted by Crippen LogP contribution is -2.24. The molecular formula is C17H11Cl2N3O. The lowest BCUT2D eigenvalue weighted by molar-refractivity contribution is 0.959. The van der Waals surface area contributed by atoms with Crippen molar-refractivity contribution in [3.8, 4) is 18.0 Å². The number of para-hydroxylation sites is 1. The number of terminal acetylenes is 1. The topological polar surface area (TPSA) is 46.9 Å². The molecule has 2 aromatic carbocycles. The summed E-state index contributed by atoms with van der Waals surface area (Å²) in [6.45, 7) is 0.264. The van der Waals surface area contributed by atoms with Crippen molar-refractivity contribution in [1.82, 2.24) is 9.55 Å². The predicted molar refractivity (Wildman–Crippen MR) is 94.7 cm³/mol. The van der Waals surface area contributed by atoms with Crippen molar-refractivity contribution in [3.63, 3.8) is 0 Å². The Bertz CT molecular complexity index is 989. The van der Waals surface area contributed by atoms with Gasteiger partial charge in [-0.25, -0.2) is 4.79 Å². The van der Waals surface area contributed by atoms with Crippen LogP contribution in [0, 0.1) is 12.3 Å². The molecule has 0 aliphatic heterocycles. The smallest absolute Gasteiger partial charge is 0.354 e. The maximum atomic E-state index is 12.5. The first-order valence-corrected chi connectivity index (χ1v) is 7.52. The summed E-state index contributed by atoms with van der Waals surface area (Å²) in [7, 11) is 0. The highest BCUT2D eigenvalue weighted by molar-refractivity contribution is 6.32. The highest BCUT2D eigenvalue weighted by Crippen LogP contribution is 2.27. The molecule has 3 aromatic rings. The number of hydrogen-bond acceptors (Lipinski definition) is 3. The molecule has 23 heavy (non-hydrogen) atoms. The monoisotopic (exact) mass is 343 g/mol. The first-order chi connectivity index (χ1) is 11.1. The van der Waals surface area contributed by atoms with Crippen LogP contribution in [0.5, 0.6) is 0 Å². The van der Waals surface area contributed by atoms with E-state index in [9.17, 15) is 4.79 Å². The Morgan fingerprint density at radius 2 is 2.00 bits per heavy atom. The number of nitrogens with one attached hydrogen (secondary N) is 1. The number of rotatable bonds is 3. The Balaban J connectivity index is 2.38. The molecule has 4 nitrogen and oxygen atoms in total. The second-order valence-corrected chi connectivity index (χ2v) is 5.59. The molecule has 0 saturated carbocycles. The van der Waals surface area contributed by atoms with Gasteiger partial charge in [0.25, 0.3) is 0 Å². The fraction of sp³-hybridized carbons (Fsp3) is 0.0588. The number of anilines is 1. The summed E-state index contributed by atoms with van der Waals surface area (Å²) in [6, 6.07) is 12.3. The molecule has 6 heteroatoms. The van der Waals surface area contributed by atoms with Crippen molar-refractivity contribution in [2.75, 3.05) is 11.9 Å². The molecular weight excluding hydrogens is 333 g/mol. The molecule has 0 bridgehead atoms. The molecule has 0 saturated heterocycles. The van der Waals surface area contributed by atoms with Crippen molar-refractivity contribution in [1.29, 1.82) is 0 Å². The number of fused-ring (bicyclic) bond motifs is 1.